The zero-order valence-corrected chi connectivity index (χ0v) is 25.3. The molecule has 0 aliphatic heterocycles. The van der Waals surface area contributed by atoms with Crippen LogP contribution in [0.4, 0.5) is 0 Å². The second-order valence-electron chi connectivity index (χ2n) is 6.21. The van der Waals surface area contributed by atoms with Gasteiger partial charge in [0.1, 0.15) is 13.2 Å². The van der Waals surface area contributed by atoms with E-state index in [2.05, 4.69) is 5.32 Å². The first-order valence-corrected chi connectivity index (χ1v) is 12.7. The SMILES string of the molecule is COCC(=O)NC(=C\I)/C(I)=C(C(=O)Cl)\C(I)=C\C(=O)N(C)CC(COC(C)=O)OC(C)=O. The molecule has 0 radical (unpaired) electrons. The number of nitrogens with one attached hydrogen (secondary N) is 1. The summed E-state index contributed by atoms with van der Waals surface area (Å²) in [4.78, 5) is 60.2. The molecule has 0 saturated heterocycles. The van der Waals surface area contributed by atoms with Gasteiger partial charge < -0.3 is 24.4 Å². The van der Waals surface area contributed by atoms with Gasteiger partial charge in [0, 0.05) is 41.7 Å². The van der Waals surface area contributed by atoms with E-state index < -0.39 is 35.1 Å². The summed E-state index contributed by atoms with van der Waals surface area (Å²) in [6.45, 7) is 1.93. The summed E-state index contributed by atoms with van der Waals surface area (Å²) in [5.74, 6) is -2.12. The zero-order chi connectivity index (χ0) is 25.7. The molecule has 0 fully saturated rings. The number of likely N-dealkylation sites (N-methyl/N-ethyl adjacent to an activating group) is 1. The van der Waals surface area contributed by atoms with Crippen molar-refractivity contribution in [3.05, 3.63) is 28.6 Å². The monoisotopic (exact) mass is 822 g/mol. The Kier molecular flexibility index (Phi) is 16.4. The molecular formula is C19H22ClI3N2O8. The van der Waals surface area contributed by atoms with Crippen molar-refractivity contribution in [3.8, 4) is 0 Å². The number of methoxy groups -OCH3 is 1. The predicted octanol–water partition coefficient (Wildman–Crippen LogP) is 2.75. The molecule has 1 N–H and O–H groups in total. The van der Waals surface area contributed by atoms with Crippen LogP contribution in [0.3, 0.4) is 0 Å². The van der Waals surface area contributed by atoms with Gasteiger partial charge in [-0.1, -0.05) is 22.6 Å². The molecule has 0 aliphatic rings. The highest BCUT2D eigenvalue weighted by molar-refractivity contribution is 14.1. The van der Waals surface area contributed by atoms with Crippen molar-refractivity contribution in [2.45, 2.75) is 20.0 Å². The minimum atomic E-state index is -0.874. The fourth-order valence-corrected chi connectivity index (χ4v) is 5.82. The van der Waals surface area contributed by atoms with E-state index in [0.717, 1.165) is 0 Å². The predicted molar refractivity (Wildman–Crippen MR) is 146 cm³/mol. The molecule has 0 heterocycles. The lowest BCUT2D eigenvalue weighted by Gasteiger charge is -2.23. The molecule has 0 aliphatic carbocycles. The van der Waals surface area contributed by atoms with Gasteiger partial charge in [0.25, 0.3) is 5.24 Å². The Morgan fingerprint density at radius 2 is 1.73 bits per heavy atom. The molecule has 0 bridgehead atoms. The molecule has 2 amide bonds. The minimum Gasteiger partial charge on any atom is -0.462 e. The van der Waals surface area contributed by atoms with Gasteiger partial charge >= 0.3 is 11.9 Å². The van der Waals surface area contributed by atoms with Crippen LogP contribution in [0.5, 0.6) is 0 Å². The number of carbonyl (C=O) groups is 5. The lowest BCUT2D eigenvalue weighted by atomic mass is 10.2. The summed E-state index contributed by atoms with van der Waals surface area (Å²) >= 11 is 11.3. The normalized spacial score (nSPS) is 13.5. The highest BCUT2D eigenvalue weighted by atomic mass is 127. The van der Waals surface area contributed by atoms with E-state index in [1.807, 2.05) is 45.2 Å². The molecule has 0 aromatic heterocycles. The highest BCUT2D eigenvalue weighted by Crippen LogP contribution is 2.31. The van der Waals surface area contributed by atoms with Gasteiger partial charge in [-0.2, -0.15) is 0 Å². The number of carbonyl (C=O) groups excluding carboxylic acids is 5. The molecule has 0 saturated carbocycles. The molecule has 0 spiro atoms. The van der Waals surface area contributed by atoms with Crippen molar-refractivity contribution in [2.75, 3.05) is 33.9 Å². The molecule has 14 heteroatoms. The summed E-state index contributed by atoms with van der Waals surface area (Å²) in [5.41, 5.74) is 0.318. The van der Waals surface area contributed by atoms with Crippen LogP contribution in [-0.2, 0) is 38.2 Å². The van der Waals surface area contributed by atoms with E-state index in [1.165, 1.54) is 39.0 Å². The van der Waals surface area contributed by atoms with Crippen molar-refractivity contribution in [2.24, 2.45) is 0 Å². The van der Waals surface area contributed by atoms with Crippen LogP contribution in [-0.4, -0.2) is 73.9 Å². The van der Waals surface area contributed by atoms with Gasteiger partial charge in [-0.25, -0.2) is 0 Å². The first-order valence-electron chi connectivity index (χ1n) is 8.96. The van der Waals surface area contributed by atoms with Gasteiger partial charge in [0.15, 0.2) is 6.10 Å². The molecule has 0 rings (SSSR count). The first kappa shape index (κ1) is 32.2. The van der Waals surface area contributed by atoms with E-state index in [1.54, 1.807) is 26.7 Å². The van der Waals surface area contributed by atoms with Crippen molar-refractivity contribution in [1.82, 2.24) is 10.2 Å². The molecule has 0 aromatic carbocycles. The van der Waals surface area contributed by atoms with Gasteiger partial charge in [-0.3, -0.25) is 24.0 Å². The first-order chi connectivity index (χ1) is 15.3. The number of rotatable bonds is 12. The fraction of sp³-hybridized carbons (Fsp3) is 0.421. The number of amides is 2. The van der Waals surface area contributed by atoms with Crippen LogP contribution in [0.15, 0.2) is 28.6 Å². The Morgan fingerprint density at radius 1 is 1.12 bits per heavy atom. The average molecular weight is 823 g/mol. The largest absolute Gasteiger partial charge is 0.462 e. The van der Waals surface area contributed by atoms with Gasteiger partial charge in [-0.05, 0) is 56.8 Å². The third kappa shape index (κ3) is 13.0. The highest BCUT2D eigenvalue weighted by Gasteiger charge is 2.22. The molecular weight excluding hydrogens is 800 g/mol. The number of hydrogen-bond donors (Lipinski definition) is 1. The van der Waals surface area contributed by atoms with E-state index in [0.29, 0.717) is 9.28 Å². The fourth-order valence-electron chi connectivity index (χ4n) is 2.12. The zero-order valence-electron chi connectivity index (χ0n) is 18.1. The van der Waals surface area contributed by atoms with Gasteiger partial charge in [-0.15, -0.1) is 0 Å². The Balaban J connectivity index is 5.75. The summed E-state index contributed by atoms with van der Waals surface area (Å²) < 4.78 is 16.8. The molecule has 1 atom stereocenters. The van der Waals surface area contributed by atoms with Crippen molar-refractivity contribution < 1.29 is 38.2 Å². The van der Waals surface area contributed by atoms with Crippen LogP contribution in [0, 0.1) is 0 Å². The van der Waals surface area contributed by atoms with E-state index in [4.69, 9.17) is 25.8 Å². The molecule has 184 valence electrons. The van der Waals surface area contributed by atoms with Crippen LogP contribution in [0.25, 0.3) is 0 Å². The number of nitrogens with zero attached hydrogens (tertiary/aromatic N) is 1. The van der Waals surface area contributed by atoms with Crippen molar-refractivity contribution in [1.29, 1.82) is 0 Å². The number of ether oxygens (including phenoxy) is 3. The quantitative estimate of drug-likeness (QED) is 0.105. The summed E-state index contributed by atoms with van der Waals surface area (Å²) in [5, 5.41) is 1.77. The molecule has 1 unspecified atom stereocenters. The Labute approximate surface area is 237 Å². The Hall–Kier alpha value is -0.790. The average Bonchev–Trinajstić information content (AvgIpc) is 2.69. The van der Waals surface area contributed by atoms with E-state index in [9.17, 15) is 24.0 Å². The maximum absolute atomic E-state index is 12.7. The molecule has 10 nitrogen and oxygen atoms in total. The topological polar surface area (TPSA) is 128 Å². The number of hydrogen-bond acceptors (Lipinski definition) is 8. The third-order valence-corrected chi connectivity index (χ3v) is 6.24. The maximum atomic E-state index is 12.7. The van der Waals surface area contributed by atoms with Gasteiger partial charge in [0.05, 0.1) is 21.4 Å². The van der Waals surface area contributed by atoms with Gasteiger partial charge in [0.2, 0.25) is 11.8 Å². The maximum Gasteiger partial charge on any atom is 0.303 e. The third-order valence-electron chi connectivity index (χ3n) is 3.46. The number of esters is 2. The lowest BCUT2D eigenvalue weighted by molar-refractivity contribution is -0.158. The smallest absolute Gasteiger partial charge is 0.303 e. The molecule has 33 heavy (non-hydrogen) atoms. The summed E-state index contributed by atoms with van der Waals surface area (Å²) in [6.07, 6.45) is 0.300. The van der Waals surface area contributed by atoms with Crippen LogP contribution >= 0.6 is 79.4 Å². The summed E-state index contributed by atoms with van der Waals surface area (Å²) in [6, 6.07) is 0. The second kappa shape index (κ2) is 16.8. The van der Waals surface area contributed by atoms with Crippen LogP contribution < -0.4 is 5.32 Å². The molecule has 0 aromatic rings. The van der Waals surface area contributed by atoms with E-state index >= 15 is 0 Å². The minimum absolute atomic E-state index is 0.0108. The Morgan fingerprint density at radius 3 is 2.18 bits per heavy atom. The summed E-state index contributed by atoms with van der Waals surface area (Å²) in [7, 11) is 2.82. The van der Waals surface area contributed by atoms with Crippen molar-refractivity contribution >= 4 is 108 Å². The lowest BCUT2D eigenvalue weighted by Crippen LogP contribution is -2.38. The number of allylic oxidation sites excluding steroid dienone is 3. The van der Waals surface area contributed by atoms with Crippen LogP contribution in [0.1, 0.15) is 13.8 Å². The standard InChI is InChI=1S/C19H22ClI3N2O8/c1-10(26)32-8-12(33-11(2)27)7-25(3)16(29)5-13(22)17(19(20)30)18(23)14(6-21)24-15(28)9-31-4/h5-6,12H,7-9H2,1-4H3,(H,24,28)/b13-5-,14-6-,18-17-. The Bertz CT molecular complexity index is 873. The van der Waals surface area contributed by atoms with Crippen LogP contribution in [0.2, 0.25) is 0 Å². The second-order valence-corrected chi connectivity index (χ2v) is 9.42. The van der Waals surface area contributed by atoms with E-state index in [-0.39, 0.29) is 28.9 Å². The number of halogens is 4. The van der Waals surface area contributed by atoms with Crippen molar-refractivity contribution in [3.63, 3.8) is 0 Å².